The molecule has 0 spiro atoms. The summed E-state index contributed by atoms with van der Waals surface area (Å²) in [6, 6.07) is 13.8. The number of nitrogens with one attached hydrogen (secondary N) is 2. The fraction of sp³-hybridized carbons (Fsp3) is 0.200. The second-order valence-corrected chi connectivity index (χ2v) is 9.93. The summed E-state index contributed by atoms with van der Waals surface area (Å²) in [6.45, 7) is 1.60. The Morgan fingerprint density at radius 3 is 2.35 bits per heavy atom. The Morgan fingerprint density at radius 2 is 1.76 bits per heavy atom. The Kier molecular flexibility index (Phi) is 8.22. The van der Waals surface area contributed by atoms with E-state index in [2.05, 4.69) is 15.0 Å². The van der Waals surface area contributed by atoms with E-state index in [0.717, 1.165) is 24.5 Å². The van der Waals surface area contributed by atoms with Crippen LogP contribution in [0.15, 0.2) is 66.7 Å². The molecule has 0 aliphatic heterocycles. The smallest absolute Gasteiger partial charge is 0.346 e. The maximum absolute atomic E-state index is 14.3. The molecule has 1 amide bonds. The lowest BCUT2D eigenvalue weighted by Gasteiger charge is -2.21. The number of para-hydroxylation sites is 1. The number of carbonyl (C=O) groups excluding carboxylic acids is 1. The van der Waals surface area contributed by atoms with Crippen LogP contribution in [0.3, 0.4) is 0 Å². The van der Waals surface area contributed by atoms with Crippen molar-refractivity contribution >= 4 is 39.2 Å². The van der Waals surface area contributed by atoms with Crippen molar-refractivity contribution < 1.29 is 30.8 Å². The molecule has 196 valence electrons. The van der Waals surface area contributed by atoms with Crippen LogP contribution in [0.4, 0.5) is 34.8 Å². The van der Waals surface area contributed by atoms with Gasteiger partial charge in [0.2, 0.25) is 15.9 Å². The van der Waals surface area contributed by atoms with Crippen LogP contribution in [-0.2, 0) is 21.0 Å². The van der Waals surface area contributed by atoms with E-state index in [-0.39, 0.29) is 17.1 Å². The number of anilines is 3. The van der Waals surface area contributed by atoms with E-state index in [1.807, 2.05) is 0 Å². The molecule has 3 aromatic rings. The first-order valence-corrected chi connectivity index (χ1v) is 12.8. The van der Waals surface area contributed by atoms with Crippen molar-refractivity contribution in [3.8, 4) is 0 Å². The van der Waals surface area contributed by atoms with Crippen LogP contribution in [0.2, 0.25) is 0 Å². The van der Waals surface area contributed by atoms with E-state index in [0.29, 0.717) is 11.3 Å². The number of hydrogen-bond donors (Lipinski definition) is 2. The highest BCUT2D eigenvalue weighted by Crippen LogP contribution is 2.33. The monoisotopic (exact) mass is 536 g/mol. The third-order valence-corrected chi connectivity index (χ3v) is 5.81. The topological polar surface area (TPSA) is 91.4 Å². The molecule has 12 heteroatoms. The first-order chi connectivity index (χ1) is 17.2. The minimum absolute atomic E-state index is 0.00541. The third kappa shape index (κ3) is 7.53. The van der Waals surface area contributed by atoms with Gasteiger partial charge in [-0.25, -0.2) is 17.8 Å². The number of rotatable bonds is 8. The molecule has 0 aliphatic carbocycles. The lowest BCUT2D eigenvalue weighted by Crippen LogP contribution is -2.25. The van der Waals surface area contributed by atoms with Gasteiger partial charge in [0.15, 0.2) is 0 Å². The number of amides is 1. The normalized spacial score (nSPS) is 12.8. The summed E-state index contributed by atoms with van der Waals surface area (Å²) in [5, 5.41) is 2.63. The first-order valence-electron chi connectivity index (χ1n) is 10.9. The second kappa shape index (κ2) is 11.0. The van der Waals surface area contributed by atoms with Gasteiger partial charge in [-0.05, 0) is 55.0 Å². The molecule has 2 N–H and O–H groups in total. The van der Waals surface area contributed by atoms with Gasteiger partial charge in [-0.15, -0.1) is 0 Å². The highest BCUT2D eigenvalue weighted by Gasteiger charge is 2.33. The number of hydrogen-bond acceptors (Lipinski definition) is 5. The zero-order valence-electron chi connectivity index (χ0n) is 20.0. The Bertz CT molecular complexity index is 1410. The lowest BCUT2D eigenvalue weighted by molar-refractivity contribution is -0.141. The predicted molar refractivity (Wildman–Crippen MR) is 134 cm³/mol. The summed E-state index contributed by atoms with van der Waals surface area (Å²) in [4.78, 5) is 17.8. The van der Waals surface area contributed by atoms with Crippen molar-refractivity contribution in [2.24, 2.45) is 0 Å². The predicted octanol–water partition coefficient (Wildman–Crippen LogP) is 5.27. The van der Waals surface area contributed by atoms with E-state index in [1.54, 1.807) is 44.3 Å². The molecule has 0 radical (unpaired) electrons. The molecule has 3 rings (SSSR count). The minimum Gasteiger partial charge on any atom is -0.346 e. The largest absolute Gasteiger partial charge is 0.433 e. The van der Waals surface area contributed by atoms with Crippen molar-refractivity contribution in [1.29, 1.82) is 0 Å². The molecular formula is C25H24F4N4O3S. The van der Waals surface area contributed by atoms with Crippen LogP contribution in [0.5, 0.6) is 0 Å². The van der Waals surface area contributed by atoms with Crippen molar-refractivity contribution in [3.05, 3.63) is 89.4 Å². The molecular weight excluding hydrogens is 512 g/mol. The van der Waals surface area contributed by atoms with Crippen molar-refractivity contribution in [3.63, 3.8) is 0 Å². The lowest BCUT2D eigenvalue weighted by atomic mass is 10.1. The Hall–Kier alpha value is -3.93. The van der Waals surface area contributed by atoms with E-state index in [1.165, 1.54) is 29.2 Å². The number of aromatic nitrogens is 1. The van der Waals surface area contributed by atoms with E-state index in [9.17, 15) is 30.8 Å². The maximum Gasteiger partial charge on any atom is 0.433 e. The van der Waals surface area contributed by atoms with Crippen molar-refractivity contribution in [2.75, 3.05) is 22.9 Å². The molecule has 1 atom stereocenters. The average Bonchev–Trinajstić information content (AvgIpc) is 2.82. The molecule has 0 fully saturated rings. The van der Waals surface area contributed by atoms with Crippen molar-refractivity contribution in [1.82, 2.24) is 10.3 Å². The minimum atomic E-state index is -4.65. The number of alkyl halides is 3. The summed E-state index contributed by atoms with van der Waals surface area (Å²) in [7, 11) is -2.10. The van der Waals surface area contributed by atoms with Gasteiger partial charge in [0.25, 0.3) is 0 Å². The van der Waals surface area contributed by atoms with E-state index in [4.69, 9.17) is 0 Å². The zero-order chi connectivity index (χ0) is 27.4. The molecule has 0 aliphatic rings. The molecule has 0 bridgehead atoms. The van der Waals surface area contributed by atoms with Gasteiger partial charge in [-0.1, -0.05) is 24.3 Å². The maximum atomic E-state index is 14.3. The molecule has 2 aromatic carbocycles. The van der Waals surface area contributed by atoms with Crippen LogP contribution < -0.4 is 14.9 Å². The van der Waals surface area contributed by atoms with Crippen LogP contribution >= 0.6 is 0 Å². The number of benzene rings is 2. The fourth-order valence-corrected chi connectivity index (χ4v) is 3.95. The second-order valence-electron chi connectivity index (χ2n) is 8.18. The molecule has 1 aromatic heterocycles. The Labute approximate surface area is 211 Å². The Morgan fingerprint density at radius 1 is 1.08 bits per heavy atom. The highest BCUT2D eigenvalue weighted by molar-refractivity contribution is 7.92. The number of nitrogens with zero attached hydrogens (tertiary/aromatic N) is 2. The van der Waals surface area contributed by atoms with Crippen LogP contribution in [0.1, 0.15) is 29.8 Å². The summed E-state index contributed by atoms with van der Waals surface area (Å²) in [6.07, 6.45) is -1.28. The average molecular weight is 537 g/mol. The first kappa shape index (κ1) is 27.7. The molecule has 0 saturated carbocycles. The Balaban J connectivity index is 1.81. The van der Waals surface area contributed by atoms with Crippen LogP contribution in [0, 0.1) is 5.82 Å². The van der Waals surface area contributed by atoms with Gasteiger partial charge < -0.3 is 10.2 Å². The zero-order valence-corrected chi connectivity index (χ0v) is 20.9. The molecule has 0 unspecified atom stereocenters. The highest BCUT2D eigenvalue weighted by atomic mass is 32.2. The number of carbonyl (C=O) groups is 1. The molecule has 1 heterocycles. The van der Waals surface area contributed by atoms with Gasteiger partial charge in [0, 0.05) is 24.4 Å². The summed E-state index contributed by atoms with van der Waals surface area (Å²) in [5.74, 6) is -1.40. The summed E-state index contributed by atoms with van der Waals surface area (Å²) < 4.78 is 78.8. The number of halogens is 4. The fourth-order valence-electron chi connectivity index (χ4n) is 3.38. The number of pyridine rings is 1. The van der Waals surface area contributed by atoms with Crippen molar-refractivity contribution in [2.45, 2.75) is 19.1 Å². The quantitative estimate of drug-likeness (QED) is 0.302. The third-order valence-electron chi connectivity index (χ3n) is 5.22. The van der Waals surface area contributed by atoms with Crippen LogP contribution in [-0.4, -0.2) is 32.6 Å². The van der Waals surface area contributed by atoms with Gasteiger partial charge in [-0.2, -0.15) is 13.2 Å². The molecule has 0 saturated heterocycles. The van der Waals surface area contributed by atoms with Crippen LogP contribution in [0.25, 0.3) is 6.08 Å². The van der Waals surface area contributed by atoms with E-state index >= 15 is 0 Å². The number of sulfonamides is 1. The summed E-state index contributed by atoms with van der Waals surface area (Å²) in [5.41, 5.74) is -0.0628. The standard InChI is InChI=1S/C25H24F4N4O3S/c1-16(18-9-12-21(20(26)15-18)32-37(3,35)36)30-23(34)14-11-17-10-13-22(25(27,28)29)31-24(17)33(2)19-7-5-4-6-8-19/h4-16,32H,1-3H3,(H,30,34)/b14-11-/t16-/m1/s1. The van der Waals surface area contributed by atoms with Gasteiger partial charge in [0.05, 0.1) is 18.0 Å². The van der Waals surface area contributed by atoms with Gasteiger partial charge in [0.1, 0.15) is 17.3 Å². The molecule has 7 nitrogen and oxygen atoms in total. The van der Waals surface area contributed by atoms with Gasteiger partial charge >= 0.3 is 6.18 Å². The SMILES string of the molecule is C[C@@H](NC(=O)/C=C\c1ccc(C(F)(F)F)nc1N(C)c1ccccc1)c1ccc(NS(C)(=O)=O)c(F)c1. The molecule has 37 heavy (non-hydrogen) atoms. The van der Waals surface area contributed by atoms with Gasteiger partial charge in [-0.3, -0.25) is 9.52 Å². The summed E-state index contributed by atoms with van der Waals surface area (Å²) >= 11 is 0. The van der Waals surface area contributed by atoms with E-state index < -0.39 is 39.7 Å².